The van der Waals surface area contributed by atoms with Crippen LogP contribution < -0.4 is 0 Å². The fourth-order valence-corrected chi connectivity index (χ4v) is 4.01. The van der Waals surface area contributed by atoms with Crippen LogP contribution in [0.5, 0.6) is 0 Å². The van der Waals surface area contributed by atoms with Gasteiger partial charge in [-0.3, -0.25) is 4.90 Å². The first-order valence-electron chi connectivity index (χ1n) is 7.77. The van der Waals surface area contributed by atoms with E-state index in [1.165, 1.54) is 25.8 Å². The quantitative estimate of drug-likeness (QED) is 0.768. The lowest BCUT2D eigenvalue weighted by Crippen LogP contribution is -2.48. The van der Waals surface area contributed by atoms with E-state index in [1.807, 2.05) is 11.8 Å². The zero-order chi connectivity index (χ0) is 13.2. The zero-order valence-corrected chi connectivity index (χ0v) is 11.9. The lowest BCUT2D eigenvalue weighted by molar-refractivity contribution is 0.0711. The average molecular weight is 265 g/mol. The topological polar surface area (TPSA) is 32.8 Å². The van der Waals surface area contributed by atoms with Crippen LogP contribution in [0.4, 0.5) is 4.79 Å². The molecule has 1 saturated carbocycles. The highest BCUT2D eigenvalue weighted by Crippen LogP contribution is 2.37. The van der Waals surface area contributed by atoms with Crippen LogP contribution in [0.3, 0.4) is 0 Å². The monoisotopic (exact) mass is 265 g/mol. The summed E-state index contributed by atoms with van der Waals surface area (Å²) < 4.78 is 5.08. The molecule has 4 heteroatoms. The van der Waals surface area contributed by atoms with Gasteiger partial charge in [0.25, 0.3) is 0 Å². The van der Waals surface area contributed by atoms with E-state index in [-0.39, 0.29) is 6.09 Å². The van der Waals surface area contributed by atoms with Gasteiger partial charge in [-0.2, -0.15) is 0 Å². The van der Waals surface area contributed by atoms with Crippen molar-refractivity contribution in [3.8, 4) is 0 Å². The lowest BCUT2D eigenvalue weighted by atomic mass is 9.90. The molecule has 1 aliphatic carbocycles. The Morgan fingerprint density at radius 1 is 1.26 bits per heavy atom. The van der Waals surface area contributed by atoms with Gasteiger partial charge in [0, 0.05) is 31.7 Å². The summed E-state index contributed by atoms with van der Waals surface area (Å²) in [6, 6.07) is 1.48. The molecule has 2 heterocycles. The Hall–Kier alpha value is -0.770. The fraction of sp³-hybridized carbons (Fsp3) is 0.867. The number of carbonyl (C=O) groups is 1. The Bertz CT molecular complexity index is 326. The largest absolute Gasteiger partial charge is 0.450 e. The molecule has 2 saturated heterocycles. The van der Waals surface area contributed by atoms with Crippen LogP contribution in [0.1, 0.15) is 39.0 Å². The van der Waals surface area contributed by atoms with Crippen LogP contribution >= 0.6 is 0 Å². The highest BCUT2D eigenvalue weighted by atomic mass is 16.6. The van der Waals surface area contributed by atoms with Crippen LogP contribution in [0, 0.1) is 12.3 Å². The van der Waals surface area contributed by atoms with Gasteiger partial charge in [-0.05, 0) is 51.4 Å². The number of ether oxygens (including phenoxy) is 1. The predicted octanol–water partition coefficient (Wildman–Crippen LogP) is 2.30. The van der Waals surface area contributed by atoms with Gasteiger partial charge >= 0.3 is 6.09 Å². The van der Waals surface area contributed by atoms with E-state index < -0.39 is 0 Å². The number of fused-ring (bicyclic) bond motifs is 2. The highest BCUT2D eigenvalue weighted by Gasteiger charge is 2.39. The minimum absolute atomic E-state index is 0.130. The summed E-state index contributed by atoms with van der Waals surface area (Å²) >= 11 is 0. The second-order valence-electron chi connectivity index (χ2n) is 6.13. The maximum atomic E-state index is 11.7. The molecule has 1 radical (unpaired) electrons. The number of hydrogen-bond acceptors (Lipinski definition) is 3. The van der Waals surface area contributed by atoms with Crippen molar-refractivity contribution in [1.29, 1.82) is 0 Å². The molecule has 2 atom stereocenters. The third-order valence-corrected chi connectivity index (χ3v) is 4.94. The maximum Gasteiger partial charge on any atom is 0.409 e. The Labute approximate surface area is 116 Å². The van der Waals surface area contributed by atoms with E-state index in [0.717, 1.165) is 37.9 Å². The molecule has 0 aromatic heterocycles. The van der Waals surface area contributed by atoms with Crippen molar-refractivity contribution in [1.82, 2.24) is 9.80 Å². The van der Waals surface area contributed by atoms with Gasteiger partial charge in [0.2, 0.25) is 0 Å². The second kappa shape index (κ2) is 5.70. The van der Waals surface area contributed by atoms with Gasteiger partial charge < -0.3 is 9.64 Å². The van der Waals surface area contributed by atoms with Crippen molar-refractivity contribution < 1.29 is 9.53 Å². The summed E-state index contributed by atoms with van der Waals surface area (Å²) in [4.78, 5) is 16.3. The van der Waals surface area contributed by atoms with Gasteiger partial charge in [-0.25, -0.2) is 4.79 Å². The third kappa shape index (κ3) is 2.73. The molecular formula is C15H25N2O2. The van der Waals surface area contributed by atoms with E-state index in [9.17, 15) is 4.79 Å². The van der Waals surface area contributed by atoms with Gasteiger partial charge in [0.15, 0.2) is 0 Å². The highest BCUT2D eigenvalue weighted by molar-refractivity contribution is 5.67. The van der Waals surface area contributed by atoms with Crippen LogP contribution in [-0.4, -0.2) is 54.2 Å². The van der Waals surface area contributed by atoms with E-state index >= 15 is 0 Å². The summed E-state index contributed by atoms with van der Waals surface area (Å²) in [5.74, 6) is 0.904. The molecule has 19 heavy (non-hydrogen) atoms. The molecule has 1 amide bonds. The van der Waals surface area contributed by atoms with E-state index in [4.69, 9.17) is 4.74 Å². The molecule has 2 unspecified atom stereocenters. The lowest BCUT2D eigenvalue weighted by Gasteiger charge is -2.38. The van der Waals surface area contributed by atoms with Gasteiger partial charge in [-0.15, -0.1) is 0 Å². The Morgan fingerprint density at radius 3 is 2.74 bits per heavy atom. The number of amides is 1. The first-order chi connectivity index (χ1) is 9.28. The van der Waals surface area contributed by atoms with Crippen molar-refractivity contribution in [2.45, 2.75) is 51.1 Å². The van der Waals surface area contributed by atoms with Gasteiger partial charge in [0.1, 0.15) is 0 Å². The number of hydrogen-bond donors (Lipinski definition) is 0. The fourth-order valence-electron chi connectivity index (χ4n) is 4.01. The molecule has 0 spiro atoms. The Morgan fingerprint density at radius 2 is 2.05 bits per heavy atom. The minimum atomic E-state index is -0.130. The predicted molar refractivity (Wildman–Crippen MR) is 73.8 cm³/mol. The van der Waals surface area contributed by atoms with Crippen molar-refractivity contribution >= 4 is 6.09 Å². The molecule has 3 fully saturated rings. The molecule has 2 aliphatic heterocycles. The summed E-state index contributed by atoms with van der Waals surface area (Å²) in [7, 11) is 0. The smallest absolute Gasteiger partial charge is 0.409 e. The third-order valence-electron chi connectivity index (χ3n) is 4.94. The molecule has 0 aromatic rings. The Kier molecular flexibility index (Phi) is 3.96. The van der Waals surface area contributed by atoms with Crippen molar-refractivity contribution in [3.63, 3.8) is 0 Å². The molecule has 3 rings (SSSR count). The van der Waals surface area contributed by atoms with E-state index in [0.29, 0.717) is 12.6 Å². The zero-order valence-electron chi connectivity index (χ0n) is 11.9. The summed E-state index contributed by atoms with van der Waals surface area (Å²) in [6.07, 6.45) is 8.56. The number of carbonyl (C=O) groups excluding carboxylic acids is 1. The molecule has 4 nitrogen and oxygen atoms in total. The standard InChI is InChI=1S/C15H25N2O2/c1-2-19-15(18)16-8-6-13(7-9-16)17-11-12-4-3-5-14(17)10-12/h3,12-14H,2,4-11H2,1H3. The number of rotatable bonds is 2. The average Bonchev–Trinajstić information content (AvgIpc) is 2.74. The number of likely N-dealkylation sites (tertiary alicyclic amines) is 2. The van der Waals surface area contributed by atoms with Crippen LogP contribution in [0.2, 0.25) is 0 Å². The van der Waals surface area contributed by atoms with Crippen molar-refractivity contribution in [3.05, 3.63) is 6.42 Å². The first kappa shape index (κ1) is 13.2. The Balaban J connectivity index is 1.51. The summed E-state index contributed by atoms with van der Waals surface area (Å²) in [5, 5.41) is 0. The molecule has 2 bridgehead atoms. The first-order valence-corrected chi connectivity index (χ1v) is 7.77. The summed E-state index contributed by atoms with van der Waals surface area (Å²) in [5.41, 5.74) is 0. The molecular weight excluding hydrogens is 240 g/mol. The minimum Gasteiger partial charge on any atom is -0.450 e. The van der Waals surface area contributed by atoms with E-state index in [1.54, 1.807) is 0 Å². The van der Waals surface area contributed by atoms with Crippen molar-refractivity contribution in [2.24, 2.45) is 5.92 Å². The van der Waals surface area contributed by atoms with Crippen LogP contribution in [0.25, 0.3) is 0 Å². The van der Waals surface area contributed by atoms with Gasteiger partial charge in [-0.1, -0.05) is 0 Å². The van der Waals surface area contributed by atoms with Gasteiger partial charge in [0.05, 0.1) is 6.61 Å². The molecule has 107 valence electrons. The number of piperidine rings is 1. The van der Waals surface area contributed by atoms with Crippen LogP contribution in [-0.2, 0) is 4.74 Å². The molecule has 0 aromatic carbocycles. The molecule has 3 aliphatic rings. The van der Waals surface area contributed by atoms with Crippen molar-refractivity contribution in [2.75, 3.05) is 26.2 Å². The second-order valence-corrected chi connectivity index (χ2v) is 6.13. The number of nitrogens with zero attached hydrogens (tertiary/aromatic N) is 2. The SMILES string of the molecule is CCOC(=O)N1CCC(N2CC3C[CH]CC2C3)CC1. The summed E-state index contributed by atoms with van der Waals surface area (Å²) in [6.45, 7) is 5.35. The maximum absolute atomic E-state index is 11.7. The molecule has 0 N–H and O–H groups in total. The normalized spacial score (nSPS) is 32.6. The van der Waals surface area contributed by atoms with E-state index in [2.05, 4.69) is 11.3 Å². The van der Waals surface area contributed by atoms with Crippen LogP contribution in [0.15, 0.2) is 0 Å².